The molecule has 1 heterocycles. The number of carbonyl (C=O) groups excluding carboxylic acids is 2. The molecule has 15 heavy (non-hydrogen) atoms. The molecule has 2 amide bonds. The van der Waals surface area contributed by atoms with Gasteiger partial charge in [0.15, 0.2) is 0 Å². The van der Waals surface area contributed by atoms with Crippen molar-refractivity contribution < 1.29 is 9.59 Å². The maximum atomic E-state index is 11.9. The number of amides is 2. The molecule has 4 heteroatoms. The van der Waals surface area contributed by atoms with Crippen molar-refractivity contribution >= 4 is 17.5 Å². The lowest BCUT2D eigenvalue weighted by Crippen LogP contribution is -2.31. The van der Waals surface area contributed by atoms with Gasteiger partial charge in [0.05, 0.1) is 11.1 Å². The third kappa shape index (κ3) is 1.08. The van der Waals surface area contributed by atoms with E-state index in [0.717, 1.165) is 12.8 Å². The van der Waals surface area contributed by atoms with Crippen LogP contribution in [0, 0.1) is 0 Å². The van der Waals surface area contributed by atoms with E-state index in [0.29, 0.717) is 16.8 Å². The maximum absolute atomic E-state index is 11.9. The van der Waals surface area contributed by atoms with Crippen LogP contribution in [0.15, 0.2) is 18.2 Å². The van der Waals surface area contributed by atoms with Crippen LogP contribution in [0.5, 0.6) is 0 Å². The van der Waals surface area contributed by atoms with Crippen molar-refractivity contribution in [2.45, 2.75) is 18.9 Å². The lowest BCUT2D eigenvalue weighted by atomic mass is 10.1. The Morgan fingerprint density at radius 1 is 1.13 bits per heavy atom. The Hall–Kier alpha value is -1.84. The molecule has 1 aromatic rings. The van der Waals surface area contributed by atoms with E-state index in [1.807, 2.05) is 0 Å². The Morgan fingerprint density at radius 2 is 1.80 bits per heavy atom. The van der Waals surface area contributed by atoms with Crippen molar-refractivity contribution in [2.75, 3.05) is 5.73 Å². The molecule has 1 saturated carbocycles. The molecule has 2 N–H and O–H groups in total. The lowest BCUT2D eigenvalue weighted by molar-refractivity contribution is 0.0642. The van der Waals surface area contributed by atoms with Crippen molar-refractivity contribution in [2.24, 2.45) is 0 Å². The van der Waals surface area contributed by atoms with Crippen LogP contribution in [0.1, 0.15) is 33.6 Å². The zero-order valence-corrected chi connectivity index (χ0v) is 8.06. The quantitative estimate of drug-likeness (QED) is 0.546. The topological polar surface area (TPSA) is 63.4 Å². The van der Waals surface area contributed by atoms with Crippen LogP contribution in [0.3, 0.4) is 0 Å². The van der Waals surface area contributed by atoms with Crippen LogP contribution < -0.4 is 5.73 Å². The van der Waals surface area contributed by atoms with E-state index in [9.17, 15) is 9.59 Å². The van der Waals surface area contributed by atoms with E-state index in [4.69, 9.17) is 5.73 Å². The third-order valence-electron chi connectivity index (χ3n) is 2.85. The number of benzene rings is 1. The number of carbonyl (C=O) groups is 2. The largest absolute Gasteiger partial charge is 0.399 e. The average Bonchev–Trinajstić information content (AvgIpc) is 2.98. The van der Waals surface area contributed by atoms with E-state index in [2.05, 4.69) is 0 Å². The number of rotatable bonds is 1. The smallest absolute Gasteiger partial charge is 0.261 e. The molecule has 0 aromatic heterocycles. The second kappa shape index (κ2) is 2.59. The molecule has 0 spiro atoms. The summed E-state index contributed by atoms with van der Waals surface area (Å²) in [5, 5.41) is 0. The SMILES string of the molecule is Nc1ccc2c(c1)C(=O)N(C1CC1)C2=O. The highest BCUT2D eigenvalue weighted by Crippen LogP contribution is 2.34. The summed E-state index contributed by atoms with van der Waals surface area (Å²) < 4.78 is 0. The van der Waals surface area contributed by atoms with Crippen LogP contribution >= 0.6 is 0 Å². The lowest BCUT2D eigenvalue weighted by Gasteiger charge is -2.11. The Bertz CT molecular complexity index is 477. The molecule has 3 rings (SSSR count). The van der Waals surface area contributed by atoms with E-state index < -0.39 is 0 Å². The Balaban J connectivity index is 2.12. The zero-order chi connectivity index (χ0) is 10.6. The first-order valence-electron chi connectivity index (χ1n) is 4.96. The number of nitrogen functional groups attached to an aromatic ring is 1. The zero-order valence-electron chi connectivity index (χ0n) is 8.06. The number of hydrogen-bond acceptors (Lipinski definition) is 3. The molecule has 0 saturated heterocycles. The van der Waals surface area contributed by atoms with Crippen molar-refractivity contribution in [3.8, 4) is 0 Å². The number of anilines is 1. The fourth-order valence-electron chi connectivity index (χ4n) is 1.94. The number of hydrogen-bond donors (Lipinski definition) is 1. The van der Waals surface area contributed by atoms with Gasteiger partial charge in [0, 0.05) is 11.7 Å². The van der Waals surface area contributed by atoms with Crippen molar-refractivity contribution in [3.05, 3.63) is 29.3 Å². The van der Waals surface area contributed by atoms with Gasteiger partial charge in [0.1, 0.15) is 0 Å². The molecule has 2 aliphatic rings. The van der Waals surface area contributed by atoms with Crippen LogP contribution in [-0.2, 0) is 0 Å². The molecule has 0 unspecified atom stereocenters. The van der Waals surface area contributed by atoms with Gasteiger partial charge in [-0.3, -0.25) is 14.5 Å². The molecule has 1 fully saturated rings. The maximum Gasteiger partial charge on any atom is 0.261 e. The van der Waals surface area contributed by atoms with Gasteiger partial charge < -0.3 is 5.73 Å². The fraction of sp³-hybridized carbons (Fsp3) is 0.273. The monoisotopic (exact) mass is 202 g/mol. The van der Waals surface area contributed by atoms with Gasteiger partial charge in [0.2, 0.25) is 0 Å². The molecule has 1 aromatic carbocycles. The first-order valence-corrected chi connectivity index (χ1v) is 4.96. The van der Waals surface area contributed by atoms with Gasteiger partial charge in [-0.15, -0.1) is 0 Å². The van der Waals surface area contributed by atoms with Gasteiger partial charge in [-0.2, -0.15) is 0 Å². The summed E-state index contributed by atoms with van der Waals surface area (Å²) in [7, 11) is 0. The number of nitrogens with zero attached hydrogens (tertiary/aromatic N) is 1. The van der Waals surface area contributed by atoms with Gasteiger partial charge in [-0.25, -0.2) is 0 Å². The van der Waals surface area contributed by atoms with E-state index in [1.54, 1.807) is 18.2 Å². The Morgan fingerprint density at radius 3 is 2.47 bits per heavy atom. The number of imide groups is 1. The summed E-state index contributed by atoms with van der Waals surface area (Å²) in [4.78, 5) is 25.1. The fourth-order valence-corrected chi connectivity index (χ4v) is 1.94. The highest BCUT2D eigenvalue weighted by atomic mass is 16.2. The number of nitrogens with two attached hydrogens (primary N) is 1. The second-order valence-electron chi connectivity index (χ2n) is 4.02. The van der Waals surface area contributed by atoms with E-state index in [-0.39, 0.29) is 17.9 Å². The Kier molecular flexibility index (Phi) is 1.46. The first kappa shape index (κ1) is 8.47. The molecular weight excluding hydrogens is 192 g/mol. The second-order valence-corrected chi connectivity index (χ2v) is 4.02. The molecule has 4 nitrogen and oxygen atoms in total. The van der Waals surface area contributed by atoms with Crippen LogP contribution in [0.2, 0.25) is 0 Å². The summed E-state index contributed by atoms with van der Waals surface area (Å²) in [5.41, 5.74) is 7.05. The van der Waals surface area contributed by atoms with Crippen molar-refractivity contribution in [1.82, 2.24) is 4.90 Å². The number of fused-ring (bicyclic) bond motifs is 1. The molecule has 0 radical (unpaired) electrons. The van der Waals surface area contributed by atoms with E-state index in [1.165, 1.54) is 4.90 Å². The minimum atomic E-state index is -0.190. The standard InChI is InChI=1S/C11H10N2O2/c12-6-1-4-8-9(5-6)11(15)13(10(8)14)7-2-3-7/h1,4-5,7H,2-3,12H2. The molecular formula is C11H10N2O2. The summed E-state index contributed by atoms with van der Waals surface area (Å²) in [6.45, 7) is 0. The van der Waals surface area contributed by atoms with Crippen LogP contribution in [0.25, 0.3) is 0 Å². The average molecular weight is 202 g/mol. The van der Waals surface area contributed by atoms with Gasteiger partial charge in [-0.05, 0) is 31.0 Å². The minimum Gasteiger partial charge on any atom is -0.399 e. The summed E-state index contributed by atoms with van der Waals surface area (Å²) in [5.74, 6) is -0.359. The highest BCUT2D eigenvalue weighted by Gasteiger charge is 2.44. The normalized spacial score (nSPS) is 19.6. The summed E-state index contributed by atoms with van der Waals surface area (Å²) in [6, 6.07) is 4.99. The molecule has 1 aliphatic heterocycles. The summed E-state index contributed by atoms with van der Waals surface area (Å²) in [6.07, 6.45) is 1.86. The minimum absolute atomic E-state index is 0.124. The molecule has 1 aliphatic carbocycles. The molecule has 0 bridgehead atoms. The van der Waals surface area contributed by atoms with Crippen LogP contribution in [-0.4, -0.2) is 22.8 Å². The van der Waals surface area contributed by atoms with Gasteiger partial charge >= 0.3 is 0 Å². The highest BCUT2D eigenvalue weighted by molar-refractivity contribution is 6.22. The molecule has 76 valence electrons. The summed E-state index contributed by atoms with van der Waals surface area (Å²) >= 11 is 0. The Labute approximate surface area is 86.7 Å². The van der Waals surface area contributed by atoms with Crippen molar-refractivity contribution in [3.63, 3.8) is 0 Å². The first-order chi connectivity index (χ1) is 7.18. The predicted octanol–water partition coefficient (Wildman–Crippen LogP) is 1.03. The van der Waals surface area contributed by atoms with E-state index >= 15 is 0 Å². The predicted molar refractivity (Wildman–Crippen MR) is 54.4 cm³/mol. The van der Waals surface area contributed by atoms with Gasteiger partial charge in [-0.1, -0.05) is 0 Å². The van der Waals surface area contributed by atoms with Gasteiger partial charge in [0.25, 0.3) is 11.8 Å². The third-order valence-corrected chi connectivity index (χ3v) is 2.85. The van der Waals surface area contributed by atoms with Crippen LogP contribution in [0.4, 0.5) is 5.69 Å². The van der Waals surface area contributed by atoms with Crippen molar-refractivity contribution in [1.29, 1.82) is 0 Å². The molecule has 0 atom stereocenters.